The molecule has 6 heteroatoms. The van der Waals surface area contributed by atoms with Crippen LogP contribution in [0.2, 0.25) is 0 Å². The first-order chi connectivity index (χ1) is 17.6. The van der Waals surface area contributed by atoms with Gasteiger partial charge in [0.1, 0.15) is 11.8 Å². The zero-order valence-electron chi connectivity index (χ0n) is 21.2. The molecule has 3 rings (SSSR count). The van der Waals surface area contributed by atoms with Crippen molar-refractivity contribution in [2.45, 2.75) is 44.5 Å². The van der Waals surface area contributed by atoms with Crippen molar-refractivity contribution < 1.29 is 14.3 Å². The molecule has 0 radical (unpaired) electrons. The summed E-state index contributed by atoms with van der Waals surface area (Å²) in [5.41, 5.74) is 3.12. The van der Waals surface area contributed by atoms with Gasteiger partial charge >= 0.3 is 0 Å². The molecule has 1 N–H and O–H groups in total. The highest BCUT2D eigenvalue weighted by Gasteiger charge is 2.30. The molecule has 1 atom stereocenters. The third-order valence-corrected chi connectivity index (χ3v) is 6.91. The van der Waals surface area contributed by atoms with Gasteiger partial charge in [0.05, 0.1) is 12.9 Å². The van der Waals surface area contributed by atoms with Crippen LogP contribution in [0.1, 0.15) is 36.5 Å². The van der Waals surface area contributed by atoms with Gasteiger partial charge in [-0.3, -0.25) is 9.59 Å². The summed E-state index contributed by atoms with van der Waals surface area (Å²) in [6, 6.07) is 27.1. The molecule has 0 aromatic heterocycles. The van der Waals surface area contributed by atoms with E-state index in [1.807, 2.05) is 72.8 Å². The number of hydrogen-bond acceptors (Lipinski definition) is 4. The number of amides is 2. The van der Waals surface area contributed by atoms with Crippen LogP contribution in [0.15, 0.2) is 84.9 Å². The first-order valence-corrected chi connectivity index (χ1v) is 13.6. The summed E-state index contributed by atoms with van der Waals surface area (Å²) in [6.07, 6.45) is 2.35. The van der Waals surface area contributed by atoms with E-state index < -0.39 is 6.04 Å². The van der Waals surface area contributed by atoms with Gasteiger partial charge in [-0.05, 0) is 35.2 Å². The number of methoxy groups -OCH3 is 1. The van der Waals surface area contributed by atoms with Gasteiger partial charge in [0, 0.05) is 25.3 Å². The Labute approximate surface area is 219 Å². The number of ether oxygens (including phenoxy) is 1. The van der Waals surface area contributed by atoms with Gasteiger partial charge in [-0.25, -0.2) is 0 Å². The first kappa shape index (κ1) is 27.3. The number of nitrogens with one attached hydrogen (secondary N) is 1. The fourth-order valence-electron chi connectivity index (χ4n) is 3.94. The monoisotopic (exact) mass is 504 g/mol. The van der Waals surface area contributed by atoms with E-state index in [2.05, 4.69) is 24.4 Å². The van der Waals surface area contributed by atoms with Crippen LogP contribution in [0.25, 0.3) is 0 Å². The zero-order chi connectivity index (χ0) is 25.6. The number of rotatable bonds is 14. The Balaban J connectivity index is 1.84. The molecule has 3 aromatic carbocycles. The molecule has 5 nitrogen and oxygen atoms in total. The second-order valence-electron chi connectivity index (χ2n) is 8.70. The van der Waals surface area contributed by atoms with E-state index >= 15 is 0 Å². The fraction of sp³-hybridized carbons (Fsp3) is 0.333. The molecular weight excluding hydrogens is 468 g/mol. The minimum Gasteiger partial charge on any atom is -0.497 e. The highest BCUT2D eigenvalue weighted by Crippen LogP contribution is 2.20. The molecular formula is C30H36N2O3S. The lowest BCUT2D eigenvalue weighted by Crippen LogP contribution is -2.51. The highest BCUT2D eigenvalue weighted by atomic mass is 32.2. The molecule has 0 unspecified atom stereocenters. The molecule has 0 aliphatic heterocycles. The second kappa shape index (κ2) is 15.0. The fourth-order valence-corrected chi connectivity index (χ4v) is 4.81. The molecule has 190 valence electrons. The number of unbranched alkanes of at least 4 members (excludes halogenated alkanes) is 1. The summed E-state index contributed by atoms with van der Waals surface area (Å²) >= 11 is 1.57. The Kier molecular flexibility index (Phi) is 11.4. The summed E-state index contributed by atoms with van der Waals surface area (Å²) < 4.78 is 5.39. The van der Waals surface area contributed by atoms with E-state index in [1.165, 1.54) is 5.56 Å². The lowest BCUT2D eigenvalue weighted by Gasteiger charge is -2.31. The number of nitrogens with zero attached hydrogens (tertiary/aromatic N) is 1. The van der Waals surface area contributed by atoms with E-state index in [1.54, 1.807) is 23.8 Å². The Bertz CT molecular complexity index is 1080. The molecule has 0 heterocycles. The van der Waals surface area contributed by atoms with Gasteiger partial charge in [0.15, 0.2) is 0 Å². The van der Waals surface area contributed by atoms with Crippen molar-refractivity contribution in [1.82, 2.24) is 10.2 Å². The number of thioether (sulfide) groups is 1. The minimum absolute atomic E-state index is 0.0506. The Hall–Kier alpha value is -3.25. The van der Waals surface area contributed by atoms with Crippen molar-refractivity contribution in [2.75, 3.05) is 19.4 Å². The normalized spacial score (nSPS) is 11.5. The highest BCUT2D eigenvalue weighted by molar-refractivity contribution is 7.99. The summed E-state index contributed by atoms with van der Waals surface area (Å²) in [7, 11) is 1.63. The maximum Gasteiger partial charge on any atom is 0.243 e. The van der Waals surface area contributed by atoms with Gasteiger partial charge in [-0.1, -0.05) is 86.1 Å². The van der Waals surface area contributed by atoms with E-state index in [4.69, 9.17) is 4.74 Å². The van der Waals surface area contributed by atoms with E-state index in [0.29, 0.717) is 25.3 Å². The Morgan fingerprint density at radius 3 is 2.25 bits per heavy atom. The lowest BCUT2D eigenvalue weighted by molar-refractivity contribution is -0.139. The SMILES string of the molecule is CCCCNC(=O)[C@H](Cc1ccccc1)N(Cc1cccc(OC)c1)C(=O)CSCc1ccccc1. The van der Waals surface area contributed by atoms with Gasteiger partial charge in [-0.2, -0.15) is 0 Å². The van der Waals surface area contributed by atoms with Crippen molar-refractivity contribution in [3.05, 3.63) is 102 Å². The third kappa shape index (κ3) is 8.76. The summed E-state index contributed by atoms with van der Waals surface area (Å²) in [6.45, 7) is 3.03. The maximum atomic E-state index is 13.7. The number of carbonyl (C=O) groups is 2. The molecule has 36 heavy (non-hydrogen) atoms. The van der Waals surface area contributed by atoms with E-state index in [-0.39, 0.29) is 11.8 Å². The standard InChI is InChI=1S/C30H36N2O3S/c1-3-4-18-31-30(34)28(20-24-12-7-5-8-13-24)32(21-26-16-11-17-27(19-26)35-2)29(33)23-36-22-25-14-9-6-10-15-25/h5-17,19,28H,3-4,18,20-23H2,1-2H3,(H,31,34)/t28-/m0/s1. The molecule has 0 aliphatic carbocycles. The smallest absolute Gasteiger partial charge is 0.243 e. The van der Waals surface area contributed by atoms with E-state index in [9.17, 15) is 9.59 Å². The largest absolute Gasteiger partial charge is 0.497 e. The van der Waals surface area contributed by atoms with Crippen LogP contribution in [0.4, 0.5) is 0 Å². The van der Waals surface area contributed by atoms with Crippen LogP contribution < -0.4 is 10.1 Å². The summed E-state index contributed by atoms with van der Waals surface area (Å²) in [4.78, 5) is 28.8. The summed E-state index contributed by atoms with van der Waals surface area (Å²) in [5.74, 6) is 1.60. The quantitative estimate of drug-likeness (QED) is 0.295. The zero-order valence-corrected chi connectivity index (χ0v) is 22.0. The Morgan fingerprint density at radius 2 is 1.58 bits per heavy atom. The van der Waals surface area contributed by atoms with Crippen LogP contribution >= 0.6 is 11.8 Å². The average Bonchev–Trinajstić information content (AvgIpc) is 2.92. The predicted octanol–water partition coefficient (Wildman–Crippen LogP) is 5.48. The summed E-state index contributed by atoms with van der Waals surface area (Å²) in [5, 5.41) is 3.07. The minimum atomic E-state index is -0.611. The van der Waals surface area contributed by atoms with Crippen LogP contribution in [0.3, 0.4) is 0 Å². The predicted molar refractivity (Wildman–Crippen MR) is 148 cm³/mol. The van der Waals surface area contributed by atoms with Gasteiger partial charge < -0.3 is 15.0 Å². The molecule has 0 spiro atoms. The number of hydrogen-bond donors (Lipinski definition) is 1. The Morgan fingerprint density at radius 1 is 0.917 bits per heavy atom. The molecule has 0 aliphatic rings. The van der Waals surface area contributed by atoms with Crippen molar-refractivity contribution in [3.8, 4) is 5.75 Å². The maximum absolute atomic E-state index is 13.7. The van der Waals surface area contributed by atoms with Crippen molar-refractivity contribution in [1.29, 1.82) is 0 Å². The number of benzene rings is 3. The van der Waals surface area contributed by atoms with Crippen molar-refractivity contribution in [3.63, 3.8) is 0 Å². The lowest BCUT2D eigenvalue weighted by atomic mass is 10.0. The van der Waals surface area contributed by atoms with Gasteiger partial charge in [0.2, 0.25) is 11.8 Å². The first-order valence-electron chi connectivity index (χ1n) is 12.5. The van der Waals surface area contributed by atoms with Gasteiger partial charge in [-0.15, -0.1) is 11.8 Å². The molecule has 0 saturated heterocycles. The van der Waals surface area contributed by atoms with Crippen molar-refractivity contribution in [2.24, 2.45) is 0 Å². The second-order valence-corrected chi connectivity index (χ2v) is 9.69. The number of carbonyl (C=O) groups excluding carboxylic acids is 2. The molecule has 2 amide bonds. The van der Waals surface area contributed by atoms with Crippen LogP contribution in [0, 0.1) is 0 Å². The van der Waals surface area contributed by atoms with E-state index in [0.717, 1.165) is 35.5 Å². The average molecular weight is 505 g/mol. The third-order valence-electron chi connectivity index (χ3n) is 5.92. The molecule has 0 saturated carbocycles. The molecule has 3 aromatic rings. The van der Waals surface area contributed by atoms with Crippen LogP contribution in [0.5, 0.6) is 5.75 Å². The molecule has 0 bridgehead atoms. The van der Waals surface area contributed by atoms with Gasteiger partial charge in [0.25, 0.3) is 0 Å². The van der Waals surface area contributed by atoms with Crippen molar-refractivity contribution >= 4 is 23.6 Å². The molecule has 0 fully saturated rings. The van der Waals surface area contributed by atoms with Crippen LogP contribution in [-0.4, -0.2) is 42.2 Å². The topological polar surface area (TPSA) is 58.6 Å². The van der Waals surface area contributed by atoms with Crippen LogP contribution in [-0.2, 0) is 28.3 Å².